The molecule has 2 heterocycles. The Hall–Kier alpha value is -1.44. The van der Waals surface area contributed by atoms with Crippen molar-refractivity contribution in [1.82, 2.24) is 10.3 Å². The van der Waals surface area contributed by atoms with E-state index in [1.54, 1.807) is 23.6 Å². The zero-order valence-corrected chi connectivity index (χ0v) is 12.6. The summed E-state index contributed by atoms with van der Waals surface area (Å²) in [4.78, 5) is 16.3. The van der Waals surface area contributed by atoms with Crippen LogP contribution in [0.1, 0.15) is 28.9 Å². The fourth-order valence-corrected chi connectivity index (χ4v) is 2.69. The maximum absolute atomic E-state index is 12.2. The zero-order chi connectivity index (χ0) is 13.8. The summed E-state index contributed by atoms with van der Waals surface area (Å²) >= 11 is 4.89. The van der Waals surface area contributed by atoms with Crippen molar-refractivity contribution in [2.75, 3.05) is 5.43 Å². The lowest BCUT2D eigenvalue weighted by molar-refractivity contribution is 0.0940. The molecule has 0 saturated carbocycles. The SMILES string of the molecule is CC(NC(=O)c1cc(Br)cnc1NN)c1ccsc1. The minimum Gasteiger partial charge on any atom is -0.345 e. The number of hydrogen-bond acceptors (Lipinski definition) is 5. The maximum Gasteiger partial charge on any atom is 0.255 e. The highest BCUT2D eigenvalue weighted by Crippen LogP contribution is 2.20. The number of hydrazine groups is 1. The molecule has 5 nitrogen and oxygen atoms in total. The summed E-state index contributed by atoms with van der Waals surface area (Å²) in [7, 11) is 0. The Bertz CT molecular complexity index is 573. The van der Waals surface area contributed by atoms with Crippen molar-refractivity contribution in [3.05, 3.63) is 44.7 Å². The Labute approximate surface area is 123 Å². The molecule has 1 amide bonds. The smallest absolute Gasteiger partial charge is 0.255 e. The Morgan fingerprint density at radius 3 is 3.00 bits per heavy atom. The van der Waals surface area contributed by atoms with Gasteiger partial charge in [-0.1, -0.05) is 0 Å². The minimum absolute atomic E-state index is 0.0663. The van der Waals surface area contributed by atoms with E-state index < -0.39 is 0 Å². The van der Waals surface area contributed by atoms with Crippen LogP contribution in [-0.2, 0) is 0 Å². The van der Waals surface area contributed by atoms with E-state index in [-0.39, 0.29) is 11.9 Å². The lowest BCUT2D eigenvalue weighted by Gasteiger charge is -2.14. The highest BCUT2D eigenvalue weighted by molar-refractivity contribution is 9.10. The number of nitrogen functional groups attached to an aromatic ring is 1. The third-order valence-corrected chi connectivity index (χ3v) is 3.76. The molecule has 4 N–H and O–H groups in total. The fourth-order valence-electron chi connectivity index (χ4n) is 1.61. The predicted octanol–water partition coefficient (Wildman–Crippen LogP) is 2.68. The highest BCUT2D eigenvalue weighted by Gasteiger charge is 2.16. The molecule has 7 heteroatoms. The average Bonchev–Trinajstić information content (AvgIpc) is 2.92. The van der Waals surface area contributed by atoms with Crippen molar-refractivity contribution in [3.8, 4) is 0 Å². The lowest BCUT2D eigenvalue weighted by Crippen LogP contribution is -2.28. The van der Waals surface area contributed by atoms with Gasteiger partial charge in [-0.2, -0.15) is 11.3 Å². The van der Waals surface area contributed by atoms with Crippen LogP contribution in [0.25, 0.3) is 0 Å². The van der Waals surface area contributed by atoms with Gasteiger partial charge in [-0.05, 0) is 51.3 Å². The van der Waals surface area contributed by atoms with Gasteiger partial charge in [0.25, 0.3) is 5.91 Å². The fraction of sp³-hybridized carbons (Fsp3) is 0.167. The molecule has 0 aliphatic carbocycles. The molecule has 2 aromatic rings. The van der Waals surface area contributed by atoms with Crippen molar-refractivity contribution >= 4 is 39.0 Å². The Balaban J connectivity index is 2.18. The molecule has 0 fully saturated rings. The second-order valence-corrected chi connectivity index (χ2v) is 5.64. The van der Waals surface area contributed by atoms with Gasteiger partial charge >= 0.3 is 0 Å². The predicted molar refractivity (Wildman–Crippen MR) is 79.9 cm³/mol. The van der Waals surface area contributed by atoms with E-state index in [4.69, 9.17) is 5.84 Å². The number of pyridine rings is 1. The topological polar surface area (TPSA) is 80.0 Å². The molecule has 0 saturated heterocycles. The van der Waals surface area contributed by atoms with E-state index >= 15 is 0 Å². The second-order valence-electron chi connectivity index (χ2n) is 3.95. The maximum atomic E-state index is 12.2. The van der Waals surface area contributed by atoms with Crippen LogP contribution in [0.15, 0.2) is 33.6 Å². The van der Waals surface area contributed by atoms with Crippen molar-refractivity contribution < 1.29 is 4.79 Å². The number of amides is 1. The van der Waals surface area contributed by atoms with Gasteiger partial charge in [-0.15, -0.1) is 0 Å². The van der Waals surface area contributed by atoms with Crippen molar-refractivity contribution in [2.45, 2.75) is 13.0 Å². The monoisotopic (exact) mass is 340 g/mol. The number of nitrogens with two attached hydrogens (primary N) is 1. The van der Waals surface area contributed by atoms with Crippen LogP contribution in [0, 0.1) is 0 Å². The van der Waals surface area contributed by atoms with Crippen molar-refractivity contribution in [3.63, 3.8) is 0 Å². The number of hydrogen-bond donors (Lipinski definition) is 3. The molecule has 2 rings (SSSR count). The van der Waals surface area contributed by atoms with E-state index in [1.807, 2.05) is 23.8 Å². The second kappa shape index (κ2) is 6.14. The molecule has 19 heavy (non-hydrogen) atoms. The normalized spacial score (nSPS) is 11.9. The molecule has 0 radical (unpaired) electrons. The summed E-state index contributed by atoms with van der Waals surface area (Å²) in [5.41, 5.74) is 3.90. The van der Waals surface area contributed by atoms with Gasteiger partial charge in [-0.3, -0.25) is 4.79 Å². The average molecular weight is 341 g/mol. The van der Waals surface area contributed by atoms with Gasteiger partial charge in [-0.25, -0.2) is 10.8 Å². The standard InChI is InChI=1S/C12H13BrN4OS/c1-7(8-2-3-19-6-8)16-12(18)10-4-9(13)5-15-11(10)17-14/h2-7H,14H2,1H3,(H,15,17)(H,16,18). The Morgan fingerprint density at radius 1 is 1.58 bits per heavy atom. The molecule has 0 aliphatic heterocycles. The van der Waals surface area contributed by atoms with Crippen LogP contribution in [0.2, 0.25) is 0 Å². The minimum atomic E-state index is -0.222. The van der Waals surface area contributed by atoms with Crippen LogP contribution < -0.4 is 16.6 Å². The molecular formula is C12H13BrN4OS. The quantitative estimate of drug-likeness (QED) is 0.590. The van der Waals surface area contributed by atoms with Gasteiger partial charge in [0.1, 0.15) is 0 Å². The molecule has 100 valence electrons. The third kappa shape index (κ3) is 3.31. The lowest BCUT2D eigenvalue weighted by atomic mass is 10.1. The summed E-state index contributed by atoms with van der Waals surface area (Å²) in [6.45, 7) is 1.93. The summed E-state index contributed by atoms with van der Waals surface area (Å²) in [6, 6.07) is 3.60. The Morgan fingerprint density at radius 2 is 2.37 bits per heavy atom. The molecule has 0 aliphatic rings. The molecule has 0 bridgehead atoms. The van der Waals surface area contributed by atoms with Crippen molar-refractivity contribution in [2.24, 2.45) is 5.84 Å². The van der Waals surface area contributed by atoms with Gasteiger partial charge < -0.3 is 10.7 Å². The number of nitrogens with one attached hydrogen (secondary N) is 2. The highest BCUT2D eigenvalue weighted by atomic mass is 79.9. The number of aromatic nitrogens is 1. The summed E-state index contributed by atoms with van der Waals surface area (Å²) in [5.74, 6) is 5.48. The largest absolute Gasteiger partial charge is 0.345 e. The number of carbonyl (C=O) groups is 1. The van der Waals surface area contributed by atoms with E-state index in [1.165, 1.54) is 0 Å². The first kappa shape index (κ1) is 14.0. The molecule has 0 spiro atoms. The van der Waals surface area contributed by atoms with Crippen LogP contribution in [0.4, 0.5) is 5.82 Å². The van der Waals surface area contributed by atoms with Gasteiger partial charge in [0.2, 0.25) is 0 Å². The van der Waals surface area contributed by atoms with Crippen molar-refractivity contribution in [1.29, 1.82) is 0 Å². The number of halogens is 1. The zero-order valence-electron chi connectivity index (χ0n) is 10.2. The number of thiophene rings is 1. The first-order valence-electron chi connectivity index (χ1n) is 5.57. The summed E-state index contributed by atoms with van der Waals surface area (Å²) < 4.78 is 0.722. The first-order chi connectivity index (χ1) is 9.11. The number of anilines is 1. The van der Waals surface area contributed by atoms with E-state index in [0.29, 0.717) is 11.4 Å². The van der Waals surface area contributed by atoms with E-state index in [2.05, 4.69) is 31.7 Å². The number of rotatable bonds is 4. The third-order valence-electron chi connectivity index (χ3n) is 2.63. The van der Waals surface area contributed by atoms with Crippen LogP contribution in [0.5, 0.6) is 0 Å². The van der Waals surface area contributed by atoms with E-state index in [0.717, 1.165) is 10.0 Å². The van der Waals surface area contributed by atoms with Gasteiger partial charge in [0, 0.05) is 10.7 Å². The molecule has 2 aromatic heterocycles. The van der Waals surface area contributed by atoms with Gasteiger partial charge in [0.05, 0.1) is 11.6 Å². The number of carbonyl (C=O) groups excluding carboxylic acids is 1. The van der Waals surface area contributed by atoms with Crippen LogP contribution in [0.3, 0.4) is 0 Å². The van der Waals surface area contributed by atoms with Crippen LogP contribution in [-0.4, -0.2) is 10.9 Å². The summed E-state index contributed by atoms with van der Waals surface area (Å²) in [6.07, 6.45) is 1.58. The molecule has 1 unspecified atom stereocenters. The number of nitrogens with zero attached hydrogens (tertiary/aromatic N) is 1. The van der Waals surface area contributed by atoms with E-state index in [9.17, 15) is 4.79 Å². The molecular weight excluding hydrogens is 328 g/mol. The van der Waals surface area contributed by atoms with Gasteiger partial charge in [0.15, 0.2) is 5.82 Å². The Kier molecular flexibility index (Phi) is 4.52. The molecule has 0 aromatic carbocycles. The molecule has 1 atom stereocenters. The first-order valence-corrected chi connectivity index (χ1v) is 7.30. The van der Waals surface area contributed by atoms with Crippen LogP contribution >= 0.6 is 27.3 Å². The summed E-state index contributed by atoms with van der Waals surface area (Å²) in [5, 5.41) is 6.90.